The lowest BCUT2D eigenvalue weighted by molar-refractivity contribution is -0.139. The van der Waals surface area contributed by atoms with Crippen molar-refractivity contribution in [2.75, 3.05) is 6.61 Å². The van der Waals surface area contributed by atoms with E-state index < -0.39 is 11.9 Å². The molecule has 0 saturated heterocycles. The third-order valence-electron chi connectivity index (χ3n) is 2.99. The van der Waals surface area contributed by atoms with E-state index in [0.717, 1.165) is 15.8 Å². The molecule has 0 aliphatic heterocycles. The Bertz CT molecular complexity index is 552. The minimum atomic E-state index is -0.824. The average Bonchev–Trinajstić information content (AvgIpc) is 2.46. The molecule has 2 aromatic rings. The van der Waals surface area contributed by atoms with Crippen LogP contribution in [0.4, 0.5) is 0 Å². The van der Waals surface area contributed by atoms with Crippen LogP contribution < -0.4 is 4.74 Å². The molecule has 0 bridgehead atoms. The zero-order chi connectivity index (χ0) is 14.4. The average molecular weight is 335 g/mol. The number of carbonyl (C=O) groups is 1. The van der Waals surface area contributed by atoms with Crippen molar-refractivity contribution in [2.45, 2.75) is 12.3 Å². The van der Waals surface area contributed by atoms with Crippen molar-refractivity contribution >= 4 is 21.9 Å². The molecule has 1 N–H and O–H groups in total. The smallest absolute Gasteiger partial charge is 0.311 e. The molecule has 0 spiro atoms. The first-order valence-electron chi connectivity index (χ1n) is 6.33. The Labute approximate surface area is 126 Å². The van der Waals surface area contributed by atoms with Crippen molar-refractivity contribution in [1.29, 1.82) is 0 Å². The first-order valence-corrected chi connectivity index (χ1v) is 7.12. The van der Waals surface area contributed by atoms with E-state index in [2.05, 4.69) is 15.9 Å². The Balaban J connectivity index is 1.93. The Morgan fingerprint density at radius 3 is 2.35 bits per heavy atom. The first kappa shape index (κ1) is 14.6. The molecule has 1 atom stereocenters. The molecule has 0 fully saturated rings. The minimum absolute atomic E-state index is 0.369. The number of carboxylic acid groups (broad SMARTS) is 1. The van der Waals surface area contributed by atoms with Crippen LogP contribution in [-0.2, 0) is 4.79 Å². The van der Waals surface area contributed by atoms with Crippen LogP contribution in [0.5, 0.6) is 5.75 Å². The van der Waals surface area contributed by atoms with Gasteiger partial charge in [0.2, 0.25) is 0 Å². The van der Waals surface area contributed by atoms with E-state index in [1.165, 1.54) is 0 Å². The molecule has 2 aromatic carbocycles. The summed E-state index contributed by atoms with van der Waals surface area (Å²) in [4.78, 5) is 11.3. The van der Waals surface area contributed by atoms with E-state index in [0.29, 0.717) is 13.0 Å². The van der Waals surface area contributed by atoms with Crippen LogP contribution in [0.1, 0.15) is 17.9 Å². The SMILES string of the molecule is O=C(O)C(CCOc1ccc(Br)cc1)c1ccccc1. The summed E-state index contributed by atoms with van der Waals surface area (Å²) in [7, 11) is 0. The largest absolute Gasteiger partial charge is 0.494 e. The quantitative estimate of drug-likeness (QED) is 0.865. The van der Waals surface area contributed by atoms with Crippen LogP contribution in [0.2, 0.25) is 0 Å². The predicted molar refractivity (Wildman–Crippen MR) is 81.1 cm³/mol. The highest BCUT2D eigenvalue weighted by Crippen LogP contribution is 2.21. The maximum absolute atomic E-state index is 11.3. The van der Waals surface area contributed by atoms with Gasteiger partial charge in [-0.05, 0) is 36.2 Å². The van der Waals surface area contributed by atoms with Gasteiger partial charge >= 0.3 is 5.97 Å². The first-order chi connectivity index (χ1) is 9.66. The van der Waals surface area contributed by atoms with Gasteiger partial charge in [0.15, 0.2) is 0 Å². The van der Waals surface area contributed by atoms with Crippen LogP contribution in [0.25, 0.3) is 0 Å². The normalized spacial score (nSPS) is 11.8. The molecule has 3 nitrogen and oxygen atoms in total. The summed E-state index contributed by atoms with van der Waals surface area (Å²) in [6, 6.07) is 16.7. The molecule has 0 amide bonds. The maximum atomic E-state index is 11.3. The lowest BCUT2D eigenvalue weighted by Crippen LogP contribution is -2.15. The summed E-state index contributed by atoms with van der Waals surface area (Å²) in [5.41, 5.74) is 0.805. The van der Waals surface area contributed by atoms with E-state index in [1.807, 2.05) is 54.6 Å². The standard InChI is InChI=1S/C16H15BrO3/c17-13-6-8-14(9-7-13)20-11-10-15(16(18)19)12-4-2-1-3-5-12/h1-9,15H,10-11H2,(H,18,19). The molecule has 0 heterocycles. The third kappa shape index (κ3) is 4.10. The fourth-order valence-corrected chi connectivity index (χ4v) is 2.21. The van der Waals surface area contributed by atoms with Gasteiger partial charge < -0.3 is 9.84 Å². The molecular weight excluding hydrogens is 320 g/mol. The summed E-state index contributed by atoms with van der Waals surface area (Å²) in [5.74, 6) is -0.618. The van der Waals surface area contributed by atoms with E-state index in [1.54, 1.807) is 0 Å². The third-order valence-corrected chi connectivity index (χ3v) is 3.52. The van der Waals surface area contributed by atoms with Crippen molar-refractivity contribution in [3.8, 4) is 5.75 Å². The highest BCUT2D eigenvalue weighted by atomic mass is 79.9. The maximum Gasteiger partial charge on any atom is 0.311 e. The summed E-state index contributed by atoms with van der Waals surface area (Å²) in [6.07, 6.45) is 0.440. The number of aliphatic carboxylic acids is 1. The number of hydrogen-bond donors (Lipinski definition) is 1. The van der Waals surface area contributed by atoms with E-state index in [4.69, 9.17) is 4.74 Å². The van der Waals surface area contributed by atoms with Crippen molar-refractivity contribution in [3.05, 3.63) is 64.6 Å². The molecule has 0 radical (unpaired) electrons. The number of halogens is 1. The predicted octanol–water partition coefficient (Wildman–Crippen LogP) is 4.09. The summed E-state index contributed by atoms with van der Waals surface area (Å²) < 4.78 is 6.56. The number of rotatable bonds is 6. The van der Waals surface area contributed by atoms with Gasteiger partial charge in [-0.15, -0.1) is 0 Å². The number of benzene rings is 2. The van der Waals surface area contributed by atoms with Gasteiger partial charge in [-0.2, -0.15) is 0 Å². The lowest BCUT2D eigenvalue weighted by Gasteiger charge is -2.13. The van der Waals surface area contributed by atoms with Gasteiger partial charge in [0.1, 0.15) is 5.75 Å². The monoisotopic (exact) mass is 334 g/mol. The molecule has 0 aliphatic carbocycles. The van der Waals surface area contributed by atoms with Crippen LogP contribution >= 0.6 is 15.9 Å². The molecule has 2 rings (SSSR count). The summed E-state index contributed by atoms with van der Waals surface area (Å²) >= 11 is 3.35. The van der Waals surface area contributed by atoms with Crippen molar-refractivity contribution < 1.29 is 14.6 Å². The molecule has 1 unspecified atom stereocenters. The second kappa shape index (κ2) is 7.10. The second-order valence-electron chi connectivity index (χ2n) is 4.39. The summed E-state index contributed by atoms with van der Waals surface area (Å²) in [6.45, 7) is 0.369. The molecule has 20 heavy (non-hydrogen) atoms. The van der Waals surface area contributed by atoms with Crippen molar-refractivity contribution in [2.24, 2.45) is 0 Å². The molecule has 0 aromatic heterocycles. The zero-order valence-electron chi connectivity index (χ0n) is 10.8. The highest BCUT2D eigenvalue weighted by molar-refractivity contribution is 9.10. The van der Waals surface area contributed by atoms with E-state index in [9.17, 15) is 9.90 Å². The summed E-state index contributed by atoms with van der Waals surface area (Å²) in [5, 5.41) is 9.30. The molecule has 104 valence electrons. The van der Waals surface area contributed by atoms with Gasteiger partial charge in [0.25, 0.3) is 0 Å². The fraction of sp³-hybridized carbons (Fsp3) is 0.188. The van der Waals surface area contributed by atoms with Crippen LogP contribution in [0.15, 0.2) is 59.1 Å². The van der Waals surface area contributed by atoms with E-state index in [-0.39, 0.29) is 0 Å². The van der Waals surface area contributed by atoms with Gasteiger partial charge in [-0.25, -0.2) is 0 Å². The van der Waals surface area contributed by atoms with Gasteiger partial charge in [0.05, 0.1) is 12.5 Å². The lowest BCUT2D eigenvalue weighted by atomic mass is 9.96. The van der Waals surface area contributed by atoms with Gasteiger partial charge in [-0.1, -0.05) is 46.3 Å². The van der Waals surface area contributed by atoms with Crippen LogP contribution in [-0.4, -0.2) is 17.7 Å². The molecule has 0 saturated carbocycles. The Morgan fingerprint density at radius 1 is 1.10 bits per heavy atom. The van der Waals surface area contributed by atoms with E-state index >= 15 is 0 Å². The Morgan fingerprint density at radius 2 is 1.75 bits per heavy atom. The van der Waals surface area contributed by atoms with Crippen LogP contribution in [0, 0.1) is 0 Å². The second-order valence-corrected chi connectivity index (χ2v) is 5.31. The highest BCUT2D eigenvalue weighted by Gasteiger charge is 2.19. The molecule has 4 heteroatoms. The number of carboxylic acids is 1. The van der Waals surface area contributed by atoms with Crippen molar-refractivity contribution in [3.63, 3.8) is 0 Å². The zero-order valence-corrected chi connectivity index (χ0v) is 12.4. The van der Waals surface area contributed by atoms with Crippen molar-refractivity contribution in [1.82, 2.24) is 0 Å². The number of ether oxygens (including phenoxy) is 1. The Kier molecular flexibility index (Phi) is 5.18. The molecular formula is C16H15BrO3. The Hall–Kier alpha value is -1.81. The van der Waals surface area contributed by atoms with Gasteiger partial charge in [-0.3, -0.25) is 4.79 Å². The minimum Gasteiger partial charge on any atom is -0.494 e. The number of hydrogen-bond acceptors (Lipinski definition) is 2. The van der Waals surface area contributed by atoms with Crippen LogP contribution in [0.3, 0.4) is 0 Å². The fourth-order valence-electron chi connectivity index (χ4n) is 1.94. The van der Waals surface area contributed by atoms with Gasteiger partial charge in [0, 0.05) is 4.47 Å². The topological polar surface area (TPSA) is 46.5 Å². The molecule has 0 aliphatic rings.